The van der Waals surface area contributed by atoms with Crippen LogP contribution in [0, 0.1) is 5.92 Å². The predicted octanol–water partition coefficient (Wildman–Crippen LogP) is 3.20. The molecule has 0 unspecified atom stereocenters. The number of nitrogens with one attached hydrogen (secondary N) is 1. The van der Waals surface area contributed by atoms with E-state index in [1.807, 2.05) is 47.4 Å². The molecular formula is C27H31ClN4O3. The molecule has 2 fully saturated rings. The number of nitrogens with zero attached hydrogens (tertiary/aromatic N) is 3. The van der Waals surface area contributed by atoms with Crippen molar-refractivity contribution in [2.24, 2.45) is 5.92 Å². The van der Waals surface area contributed by atoms with Crippen molar-refractivity contribution in [3.8, 4) is 11.1 Å². The number of fused-ring (bicyclic) bond motifs is 1. The number of aromatic nitrogens is 1. The second kappa shape index (κ2) is 10.4. The third-order valence-corrected chi connectivity index (χ3v) is 7.44. The summed E-state index contributed by atoms with van der Waals surface area (Å²) in [6.45, 7) is 4.96. The highest BCUT2D eigenvalue weighted by Gasteiger charge is 2.33. The van der Waals surface area contributed by atoms with E-state index in [-0.39, 0.29) is 24.0 Å². The number of pyridine rings is 1. The van der Waals surface area contributed by atoms with Crippen LogP contribution in [0.15, 0.2) is 53.3 Å². The van der Waals surface area contributed by atoms with Crippen molar-refractivity contribution in [3.63, 3.8) is 0 Å². The first kappa shape index (κ1) is 23.9. The number of carbonyl (C=O) groups is 1. The lowest BCUT2D eigenvalue weighted by Gasteiger charge is -2.39. The van der Waals surface area contributed by atoms with Gasteiger partial charge in [-0.3, -0.25) is 14.5 Å². The van der Waals surface area contributed by atoms with Gasteiger partial charge in [-0.05, 0) is 36.6 Å². The van der Waals surface area contributed by atoms with Gasteiger partial charge in [0.2, 0.25) is 5.91 Å². The van der Waals surface area contributed by atoms with Crippen molar-refractivity contribution in [2.45, 2.75) is 12.8 Å². The van der Waals surface area contributed by atoms with Crippen LogP contribution in [0.1, 0.15) is 12.8 Å². The summed E-state index contributed by atoms with van der Waals surface area (Å²) in [5.41, 5.74) is 3.01. The topological polar surface area (TPSA) is 79.9 Å². The smallest absolute Gasteiger partial charge is 0.272 e. The molecule has 2 aromatic carbocycles. The molecule has 7 nitrogen and oxygen atoms in total. The molecule has 5 rings (SSSR count). The zero-order valence-corrected chi connectivity index (χ0v) is 20.5. The van der Waals surface area contributed by atoms with E-state index in [0.29, 0.717) is 36.9 Å². The number of hydrogen-bond acceptors (Lipinski definition) is 5. The molecule has 0 spiro atoms. The molecule has 2 aliphatic heterocycles. The molecule has 2 saturated heterocycles. The predicted molar refractivity (Wildman–Crippen MR) is 140 cm³/mol. The van der Waals surface area contributed by atoms with Gasteiger partial charge in [0.15, 0.2) is 0 Å². The number of aromatic amines is 1. The van der Waals surface area contributed by atoms with Crippen molar-refractivity contribution in [1.29, 1.82) is 0 Å². The van der Waals surface area contributed by atoms with Gasteiger partial charge in [-0.25, -0.2) is 0 Å². The normalized spacial score (nSPS) is 19.3. The number of aliphatic hydroxyl groups is 1. The fourth-order valence-electron chi connectivity index (χ4n) is 5.43. The minimum atomic E-state index is -0.149. The number of anilines is 1. The van der Waals surface area contributed by atoms with Crippen molar-refractivity contribution in [2.75, 3.05) is 57.3 Å². The largest absolute Gasteiger partial charge is 0.395 e. The monoisotopic (exact) mass is 494 g/mol. The van der Waals surface area contributed by atoms with Crippen molar-refractivity contribution < 1.29 is 9.90 Å². The third-order valence-electron chi connectivity index (χ3n) is 7.20. The summed E-state index contributed by atoms with van der Waals surface area (Å²) in [6, 6.07) is 15.4. The van der Waals surface area contributed by atoms with Gasteiger partial charge >= 0.3 is 0 Å². The summed E-state index contributed by atoms with van der Waals surface area (Å²) in [4.78, 5) is 36.1. The standard InChI is InChI=1S/C27H31ClN4O3/c28-21-8-9-23-22(17-21)24(19-5-2-1-3-6-19)25(26(34)29-23)32-10-4-7-20(18-32)27(35)31-13-11-30(12-14-31)15-16-33/h1-3,5-6,8-9,17,20,33H,4,7,10-16,18H2,(H,29,34)/t20-/m1/s1. The minimum absolute atomic E-state index is 0.140. The Morgan fingerprint density at radius 3 is 2.57 bits per heavy atom. The van der Waals surface area contributed by atoms with Crippen LogP contribution in [0.4, 0.5) is 5.69 Å². The number of hydrogen-bond donors (Lipinski definition) is 2. The van der Waals surface area contributed by atoms with Gasteiger partial charge in [0.1, 0.15) is 5.69 Å². The molecule has 0 aliphatic carbocycles. The molecule has 35 heavy (non-hydrogen) atoms. The van der Waals surface area contributed by atoms with Crippen LogP contribution in [0.2, 0.25) is 5.02 Å². The van der Waals surface area contributed by atoms with E-state index in [4.69, 9.17) is 11.6 Å². The summed E-state index contributed by atoms with van der Waals surface area (Å²) >= 11 is 6.36. The van der Waals surface area contributed by atoms with Gasteiger partial charge in [0.05, 0.1) is 12.5 Å². The quantitative estimate of drug-likeness (QED) is 0.569. The number of piperazine rings is 1. The first-order valence-electron chi connectivity index (χ1n) is 12.3. The zero-order valence-electron chi connectivity index (χ0n) is 19.8. The molecule has 0 radical (unpaired) electrons. The Kier molecular flexibility index (Phi) is 7.09. The molecule has 2 N–H and O–H groups in total. The second-order valence-corrected chi connectivity index (χ2v) is 9.85. The molecule has 3 aromatic rings. The number of halogens is 1. The van der Waals surface area contributed by atoms with Crippen LogP contribution < -0.4 is 10.5 Å². The Morgan fingerprint density at radius 1 is 1.06 bits per heavy atom. The fourth-order valence-corrected chi connectivity index (χ4v) is 5.60. The SMILES string of the molecule is O=C([C@@H]1CCCN(c2c(-c3ccccc3)c3cc(Cl)ccc3[nH]c2=O)C1)N1CCN(CCO)CC1. The van der Waals surface area contributed by atoms with E-state index in [0.717, 1.165) is 54.5 Å². The highest BCUT2D eigenvalue weighted by atomic mass is 35.5. The number of carbonyl (C=O) groups excluding carboxylic acids is 1. The number of H-pyrrole nitrogens is 1. The summed E-state index contributed by atoms with van der Waals surface area (Å²) in [5.74, 6) is 0.0195. The van der Waals surface area contributed by atoms with E-state index in [9.17, 15) is 14.7 Å². The van der Waals surface area contributed by atoms with E-state index in [2.05, 4.69) is 14.8 Å². The number of β-amino-alcohol motifs (C(OH)–C–C–N with tert-alkyl or cyclic N) is 1. The summed E-state index contributed by atoms with van der Waals surface area (Å²) in [7, 11) is 0. The fraction of sp³-hybridized carbons (Fsp3) is 0.407. The molecule has 8 heteroatoms. The molecule has 184 valence electrons. The van der Waals surface area contributed by atoms with Crippen molar-refractivity contribution in [3.05, 3.63) is 63.9 Å². The summed E-state index contributed by atoms with van der Waals surface area (Å²) in [6.07, 6.45) is 1.67. The molecule has 1 aromatic heterocycles. The van der Waals surface area contributed by atoms with Gasteiger partial charge in [-0.1, -0.05) is 41.9 Å². The lowest BCUT2D eigenvalue weighted by Crippen LogP contribution is -2.53. The molecule has 2 aliphatic rings. The van der Waals surface area contributed by atoms with Gasteiger partial charge in [0, 0.05) is 67.3 Å². The Labute approximate surface area is 209 Å². The molecule has 0 saturated carbocycles. The van der Waals surface area contributed by atoms with E-state index >= 15 is 0 Å². The van der Waals surface area contributed by atoms with Gasteiger partial charge < -0.3 is 19.9 Å². The highest BCUT2D eigenvalue weighted by molar-refractivity contribution is 6.31. The van der Waals surface area contributed by atoms with E-state index in [1.165, 1.54) is 0 Å². The van der Waals surface area contributed by atoms with Crippen LogP contribution in [0.25, 0.3) is 22.0 Å². The third kappa shape index (κ3) is 4.94. The molecule has 0 bridgehead atoms. The maximum absolute atomic E-state index is 13.4. The Bertz CT molecular complexity index is 1250. The number of piperidine rings is 1. The Morgan fingerprint density at radius 2 is 1.83 bits per heavy atom. The number of aliphatic hydroxyl groups excluding tert-OH is 1. The second-order valence-electron chi connectivity index (χ2n) is 9.41. The Hall–Kier alpha value is -2.87. The highest BCUT2D eigenvalue weighted by Crippen LogP contribution is 2.37. The van der Waals surface area contributed by atoms with Gasteiger partial charge in [-0.2, -0.15) is 0 Å². The molecule has 3 heterocycles. The average Bonchev–Trinajstić information content (AvgIpc) is 2.89. The van der Waals surface area contributed by atoms with Crippen LogP contribution in [-0.4, -0.2) is 78.2 Å². The summed E-state index contributed by atoms with van der Waals surface area (Å²) in [5, 5.41) is 10.7. The van der Waals surface area contributed by atoms with Gasteiger partial charge in [0.25, 0.3) is 5.56 Å². The molecule has 1 amide bonds. The average molecular weight is 495 g/mol. The molecule has 1 atom stereocenters. The Balaban J connectivity index is 1.47. The first-order chi connectivity index (χ1) is 17.0. The van der Waals surface area contributed by atoms with Crippen molar-refractivity contribution in [1.82, 2.24) is 14.8 Å². The van der Waals surface area contributed by atoms with E-state index in [1.54, 1.807) is 6.07 Å². The van der Waals surface area contributed by atoms with Crippen LogP contribution in [-0.2, 0) is 4.79 Å². The maximum Gasteiger partial charge on any atom is 0.272 e. The van der Waals surface area contributed by atoms with Crippen molar-refractivity contribution >= 4 is 34.1 Å². The summed E-state index contributed by atoms with van der Waals surface area (Å²) < 4.78 is 0. The zero-order chi connectivity index (χ0) is 24.4. The van der Waals surface area contributed by atoms with E-state index < -0.39 is 0 Å². The lowest BCUT2D eigenvalue weighted by molar-refractivity contribution is -0.137. The number of rotatable bonds is 5. The van der Waals surface area contributed by atoms with Crippen LogP contribution in [0.3, 0.4) is 0 Å². The number of benzene rings is 2. The number of amides is 1. The minimum Gasteiger partial charge on any atom is -0.395 e. The van der Waals surface area contributed by atoms with Crippen LogP contribution >= 0.6 is 11.6 Å². The maximum atomic E-state index is 13.4. The lowest BCUT2D eigenvalue weighted by atomic mass is 9.93. The van der Waals surface area contributed by atoms with Crippen LogP contribution in [0.5, 0.6) is 0 Å². The molecular weight excluding hydrogens is 464 g/mol. The van der Waals surface area contributed by atoms with Gasteiger partial charge in [-0.15, -0.1) is 0 Å². The first-order valence-corrected chi connectivity index (χ1v) is 12.7.